The summed E-state index contributed by atoms with van der Waals surface area (Å²) >= 11 is 0. The minimum Gasteiger partial charge on any atom is -0.342 e. The van der Waals surface area contributed by atoms with Crippen LogP contribution < -0.4 is 10.2 Å². The Bertz CT molecular complexity index is 1420. The number of nitrogens with zero attached hydrogens (tertiary/aromatic N) is 3. The van der Waals surface area contributed by atoms with Crippen molar-refractivity contribution in [3.8, 4) is 0 Å². The highest BCUT2D eigenvalue weighted by atomic mass is 16.2. The Morgan fingerprint density at radius 3 is 2.25 bits per heavy atom. The maximum Gasteiger partial charge on any atom is 0.250 e. The average Bonchev–Trinajstić information content (AvgIpc) is 3.74. The van der Waals surface area contributed by atoms with Crippen LogP contribution in [0.2, 0.25) is 0 Å². The van der Waals surface area contributed by atoms with Gasteiger partial charge in [0.05, 0.1) is 6.67 Å². The molecule has 1 unspecified atom stereocenters. The second kappa shape index (κ2) is 10.5. The van der Waals surface area contributed by atoms with Gasteiger partial charge in [0.25, 0.3) is 5.91 Å². The van der Waals surface area contributed by atoms with Gasteiger partial charge in [-0.1, -0.05) is 54.6 Å². The molecule has 7 nitrogen and oxygen atoms in total. The van der Waals surface area contributed by atoms with Gasteiger partial charge in [0.1, 0.15) is 12.1 Å². The highest BCUT2D eigenvalue weighted by molar-refractivity contribution is 5.99. The van der Waals surface area contributed by atoms with E-state index in [1.807, 2.05) is 85.5 Å². The first-order chi connectivity index (χ1) is 19.4. The molecule has 2 saturated heterocycles. The van der Waals surface area contributed by atoms with Crippen molar-refractivity contribution in [2.24, 2.45) is 5.92 Å². The number of carbonyl (C=O) groups is 3. The van der Waals surface area contributed by atoms with E-state index in [-0.39, 0.29) is 30.2 Å². The smallest absolute Gasteiger partial charge is 0.250 e. The molecule has 2 atom stereocenters. The number of rotatable bonds is 6. The highest BCUT2D eigenvalue weighted by Crippen LogP contribution is 2.49. The second-order valence-electron chi connectivity index (χ2n) is 11.5. The van der Waals surface area contributed by atoms with E-state index >= 15 is 0 Å². The molecule has 3 aromatic carbocycles. The number of hydrogen-bond donors (Lipinski definition) is 1. The minimum atomic E-state index is -0.763. The molecule has 206 valence electrons. The summed E-state index contributed by atoms with van der Waals surface area (Å²) in [6.45, 7) is 5.45. The molecule has 0 bridgehead atoms. The van der Waals surface area contributed by atoms with Crippen LogP contribution in [0.5, 0.6) is 0 Å². The lowest BCUT2D eigenvalue weighted by Gasteiger charge is -2.43. The lowest BCUT2D eigenvalue weighted by molar-refractivity contribution is -0.140. The van der Waals surface area contributed by atoms with Crippen molar-refractivity contribution >= 4 is 29.1 Å². The van der Waals surface area contributed by atoms with E-state index < -0.39 is 5.54 Å². The molecule has 2 heterocycles. The molecular weight excluding hydrogens is 500 g/mol. The Labute approximate surface area is 235 Å². The number of benzene rings is 3. The van der Waals surface area contributed by atoms with Gasteiger partial charge >= 0.3 is 0 Å². The number of anilines is 2. The lowest BCUT2D eigenvalue weighted by Crippen LogP contribution is -2.57. The maximum atomic E-state index is 14.0. The molecule has 1 aliphatic carbocycles. The van der Waals surface area contributed by atoms with Crippen LogP contribution in [0.15, 0.2) is 78.9 Å². The number of hydrogen-bond acceptors (Lipinski definition) is 4. The van der Waals surface area contributed by atoms with Crippen LogP contribution in [0.25, 0.3) is 0 Å². The molecule has 3 amide bonds. The molecule has 1 saturated carbocycles. The molecule has 2 aliphatic heterocycles. The Kier molecular flexibility index (Phi) is 6.82. The second-order valence-corrected chi connectivity index (χ2v) is 11.5. The standard InChI is InChI=1S/C33H36N4O3/c1-23-13-14-26(19-24(23)2)34-30(38)21-36-22-37(27-11-7-4-8-12-27)33(32(36)40)15-17-35(18-16-33)31(39)29-20-28(29)25-9-5-3-6-10-25/h3-14,19,28-29H,15-18,20-22H2,1-2H3,(H,34,38)/t28-,29?/m0/s1. The zero-order valence-corrected chi connectivity index (χ0v) is 23.2. The van der Waals surface area contributed by atoms with Gasteiger partial charge in [-0.2, -0.15) is 0 Å². The van der Waals surface area contributed by atoms with Crippen LogP contribution in [0, 0.1) is 19.8 Å². The van der Waals surface area contributed by atoms with Crippen LogP contribution in [0.1, 0.15) is 41.9 Å². The van der Waals surface area contributed by atoms with Gasteiger partial charge in [-0.25, -0.2) is 0 Å². The first-order valence-electron chi connectivity index (χ1n) is 14.2. The zero-order chi connectivity index (χ0) is 27.9. The summed E-state index contributed by atoms with van der Waals surface area (Å²) in [5.41, 5.74) is 4.42. The van der Waals surface area contributed by atoms with E-state index in [4.69, 9.17) is 0 Å². The highest BCUT2D eigenvalue weighted by Gasteiger charge is 2.55. The summed E-state index contributed by atoms with van der Waals surface area (Å²) in [7, 11) is 0. The molecule has 0 radical (unpaired) electrons. The van der Waals surface area contributed by atoms with E-state index in [0.717, 1.165) is 28.9 Å². The van der Waals surface area contributed by atoms with Gasteiger partial charge in [0, 0.05) is 30.4 Å². The number of amides is 3. The number of likely N-dealkylation sites (tertiary alicyclic amines) is 1. The quantitative estimate of drug-likeness (QED) is 0.495. The van der Waals surface area contributed by atoms with Crippen molar-refractivity contribution in [1.82, 2.24) is 9.80 Å². The predicted molar refractivity (Wildman–Crippen MR) is 156 cm³/mol. The Hall–Kier alpha value is -4.13. The monoisotopic (exact) mass is 536 g/mol. The van der Waals surface area contributed by atoms with Crippen LogP contribution in [-0.4, -0.2) is 59.4 Å². The first-order valence-corrected chi connectivity index (χ1v) is 14.2. The molecule has 0 aromatic heterocycles. The Balaban J connectivity index is 1.15. The third kappa shape index (κ3) is 4.85. The molecule has 6 rings (SSSR count). The van der Waals surface area contributed by atoms with E-state index in [1.165, 1.54) is 5.56 Å². The summed E-state index contributed by atoms with van der Waals surface area (Å²) in [6, 6.07) is 26.0. The summed E-state index contributed by atoms with van der Waals surface area (Å²) < 4.78 is 0. The van der Waals surface area contributed by atoms with Gasteiger partial charge < -0.3 is 20.0 Å². The van der Waals surface area contributed by atoms with E-state index in [0.29, 0.717) is 38.5 Å². The molecule has 1 N–H and O–H groups in total. The number of aryl methyl sites for hydroxylation is 2. The van der Waals surface area contributed by atoms with Crippen molar-refractivity contribution < 1.29 is 14.4 Å². The molecular formula is C33H36N4O3. The lowest BCUT2D eigenvalue weighted by atomic mass is 9.85. The fourth-order valence-corrected chi connectivity index (χ4v) is 6.38. The summed E-state index contributed by atoms with van der Waals surface area (Å²) in [5, 5.41) is 2.96. The number of piperidine rings is 1. The van der Waals surface area contributed by atoms with Crippen LogP contribution >= 0.6 is 0 Å². The van der Waals surface area contributed by atoms with Crippen molar-refractivity contribution in [2.75, 3.05) is 36.5 Å². The summed E-state index contributed by atoms with van der Waals surface area (Å²) in [6.07, 6.45) is 1.98. The molecule has 1 spiro atoms. The molecule has 3 aromatic rings. The molecule has 3 aliphatic rings. The van der Waals surface area contributed by atoms with Gasteiger partial charge in [0.2, 0.25) is 11.8 Å². The van der Waals surface area contributed by atoms with Crippen molar-refractivity contribution in [1.29, 1.82) is 0 Å². The SMILES string of the molecule is Cc1ccc(NC(=O)CN2CN(c3ccccc3)C3(CCN(C(=O)C4C[C@H]4c4ccccc4)CC3)C2=O)cc1C. The summed E-state index contributed by atoms with van der Waals surface area (Å²) in [5.74, 6) is 0.281. The van der Waals surface area contributed by atoms with Crippen molar-refractivity contribution in [2.45, 2.75) is 44.6 Å². The van der Waals surface area contributed by atoms with E-state index in [1.54, 1.807) is 4.90 Å². The van der Waals surface area contributed by atoms with Crippen LogP contribution in [0.4, 0.5) is 11.4 Å². The number of carbonyl (C=O) groups excluding carboxylic acids is 3. The van der Waals surface area contributed by atoms with Crippen molar-refractivity contribution in [3.05, 3.63) is 95.6 Å². The van der Waals surface area contributed by atoms with E-state index in [2.05, 4.69) is 22.3 Å². The predicted octanol–water partition coefficient (Wildman–Crippen LogP) is 4.71. The maximum absolute atomic E-state index is 14.0. The minimum absolute atomic E-state index is 0.0136. The first kappa shape index (κ1) is 26.1. The van der Waals surface area contributed by atoms with Crippen molar-refractivity contribution in [3.63, 3.8) is 0 Å². The average molecular weight is 537 g/mol. The van der Waals surface area contributed by atoms with E-state index in [9.17, 15) is 14.4 Å². The Morgan fingerprint density at radius 1 is 0.900 bits per heavy atom. The fourth-order valence-electron chi connectivity index (χ4n) is 6.38. The van der Waals surface area contributed by atoms with Gasteiger partial charge in [-0.3, -0.25) is 14.4 Å². The van der Waals surface area contributed by atoms with Crippen LogP contribution in [-0.2, 0) is 14.4 Å². The van der Waals surface area contributed by atoms with Gasteiger partial charge in [0.15, 0.2) is 0 Å². The molecule has 40 heavy (non-hydrogen) atoms. The third-order valence-corrected chi connectivity index (χ3v) is 8.94. The molecule has 3 fully saturated rings. The third-order valence-electron chi connectivity index (χ3n) is 8.94. The van der Waals surface area contributed by atoms with Crippen LogP contribution in [0.3, 0.4) is 0 Å². The summed E-state index contributed by atoms with van der Waals surface area (Å²) in [4.78, 5) is 46.2. The molecule has 7 heteroatoms. The largest absolute Gasteiger partial charge is 0.342 e. The topological polar surface area (TPSA) is 73.0 Å². The van der Waals surface area contributed by atoms with Gasteiger partial charge in [-0.05, 0) is 80.0 Å². The normalized spacial score (nSPS) is 21.6. The van der Waals surface area contributed by atoms with Gasteiger partial charge in [-0.15, -0.1) is 0 Å². The number of para-hydroxylation sites is 1. The Morgan fingerprint density at radius 2 is 1.57 bits per heavy atom. The fraction of sp³-hybridized carbons (Fsp3) is 0.364. The number of nitrogens with one attached hydrogen (secondary N) is 1. The zero-order valence-electron chi connectivity index (χ0n) is 23.2.